The molecule has 1 amide bonds. The molecule has 0 unspecified atom stereocenters. The van der Waals surface area contributed by atoms with E-state index in [4.69, 9.17) is 9.15 Å². The number of aryl methyl sites for hydroxylation is 2. The standard InChI is InChI=1S/C18H25N5O3/c1-11-15(12(2)22(3)21-11)18(24)23-9-5-4-7-13(23)16-19-20-17(26-16)14-8-6-10-25-14/h13-14H,4-10H2,1-3H3/t13-,14+/m0/s1. The van der Waals surface area contributed by atoms with Crippen LogP contribution in [0.15, 0.2) is 4.42 Å². The molecule has 2 aliphatic heterocycles. The van der Waals surface area contributed by atoms with Crippen molar-refractivity contribution in [2.75, 3.05) is 13.2 Å². The highest BCUT2D eigenvalue weighted by Crippen LogP contribution is 2.34. The van der Waals surface area contributed by atoms with Crippen LogP contribution in [0.1, 0.15) is 77.8 Å². The van der Waals surface area contributed by atoms with Crippen molar-refractivity contribution >= 4 is 5.91 Å². The Labute approximate surface area is 152 Å². The van der Waals surface area contributed by atoms with Gasteiger partial charge >= 0.3 is 0 Å². The van der Waals surface area contributed by atoms with E-state index in [9.17, 15) is 4.79 Å². The number of carbonyl (C=O) groups is 1. The summed E-state index contributed by atoms with van der Waals surface area (Å²) in [6.45, 7) is 5.22. The predicted octanol–water partition coefficient (Wildman–Crippen LogP) is 2.64. The number of hydrogen-bond acceptors (Lipinski definition) is 6. The van der Waals surface area contributed by atoms with Crippen LogP contribution in [0.25, 0.3) is 0 Å². The van der Waals surface area contributed by atoms with Crippen molar-refractivity contribution in [3.63, 3.8) is 0 Å². The average Bonchev–Trinajstić information content (AvgIpc) is 3.36. The highest BCUT2D eigenvalue weighted by atomic mass is 16.5. The van der Waals surface area contributed by atoms with Gasteiger partial charge in [-0.15, -0.1) is 10.2 Å². The van der Waals surface area contributed by atoms with E-state index < -0.39 is 0 Å². The zero-order valence-corrected chi connectivity index (χ0v) is 15.6. The van der Waals surface area contributed by atoms with Crippen LogP contribution in [0.2, 0.25) is 0 Å². The van der Waals surface area contributed by atoms with E-state index in [0.717, 1.165) is 50.1 Å². The number of carbonyl (C=O) groups excluding carboxylic acids is 1. The lowest BCUT2D eigenvalue weighted by Crippen LogP contribution is -2.39. The molecule has 0 radical (unpaired) electrons. The Morgan fingerprint density at radius 2 is 1.92 bits per heavy atom. The van der Waals surface area contributed by atoms with Crippen LogP contribution in [0.3, 0.4) is 0 Å². The van der Waals surface area contributed by atoms with E-state index >= 15 is 0 Å². The van der Waals surface area contributed by atoms with Crippen molar-refractivity contribution in [1.82, 2.24) is 24.9 Å². The van der Waals surface area contributed by atoms with Crippen LogP contribution in [-0.4, -0.2) is 43.9 Å². The Morgan fingerprint density at radius 1 is 1.12 bits per heavy atom. The fourth-order valence-electron chi connectivity index (χ4n) is 3.94. The SMILES string of the molecule is Cc1nn(C)c(C)c1C(=O)N1CCCC[C@H]1c1nnc([C@H]2CCCO2)o1. The van der Waals surface area contributed by atoms with Crippen LogP contribution in [0.5, 0.6) is 0 Å². The molecular formula is C18H25N5O3. The molecule has 2 aromatic rings. The van der Waals surface area contributed by atoms with E-state index in [2.05, 4.69) is 15.3 Å². The minimum Gasteiger partial charge on any atom is -0.420 e. The molecular weight excluding hydrogens is 334 g/mol. The highest BCUT2D eigenvalue weighted by molar-refractivity contribution is 5.96. The summed E-state index contributed by atoms with van der Waals surface area (Å²) in [5.74, 6) is 1.04. The first-order chi connectivity index (χ1) is 12.6. The monoisotopic (exact) mass is 359 g/mol. The van der Waals surface area contributed by atoms with Gasteiger partial charge in [0.2, 0.25) is 11.8 Å². The van der Waals surface area contributed by atoms with Crippen LogP contribution in [0, 0.1) is 13.8 Å². The van der Waals surface area contributed by atoms with Gasteiger partial charge in [0.05, 0.1) is 11.3 Å². The zero-order chi connectivity index (χ0) is 18.3. The van der Waals surface area contributed by atoms with Crippen molar-refractivity contribution in [1.29, 1.82) is 0 Å². The fraction of sp³-hybridized carbons (Fsp3) is 0.667. The second-order valence-electron chi connectivity index (χ2n) is 7.16. The fourth-order valence-corrected chi connectivity index (χ4v) is 3.94. The predicted molar refractivity (Wildman–Crippen MR) is 92.5 cm³/mol. The van der Waals surface area contributed by atoms with Gasteiger partial charge in [-0.1, -0.05) is 0 Å². The van der Waals surface area contributed by atoms with E-state index in [1.807, 2.05) is 25.8 Å². The number of hydrogen-bond donors (Lipinski definition) is 0. The first-order valence-corrected chi connectivity index (χ1v) is 9.32. The number of nitrogens with zero attached hydrogens (tertiary/aromatic N) is 5. The van der Waals surface area contributed by atoms with Crippen LogP contribution >= 0.6 is 0 Å². The summed E-state index contributed by atoms with van der Waals surface area (Å²) < 4.78 is 13.3. The van der Waals surface area contributed by atoms with Gasteiger partial charge in [-0.25, -0.2) is 0 Å². The lowest BCUT2D eigenvalue weighted by molar-refractivity contribution is 0.0548. The molecule has 2 fully saturated rings. The third kappa shape index (κ3) is 2.92. The smallest absolute Gasteiger partial charge is 0.258 e. The van der Waals surface area contributed by atoms with E-state index in [1.165, 1.54) is 0 Å². The Hall–Kier alpha value is -2.22. The van der Waals surface area contributed by atoms with Crippen LogP contribution < -0.4 is 0 Å². The van der Waals surface area contributed by atoms with Gasteiger partial charge in [-0.05, 0) is 46.0 Å². The molecule has 2 saturated heterocycles. The second-order valence-corrected chi connectivity index (χ2v) is 7.16. The maximum Gasteiger partial charge on any atom is 0.258 e. The maximum absolute atomic E-state index is 13.3. The summed E-state index contributed by atoms with van der Waals surface area (Å²) in [6.07, 6.45) is 4.66. The Morgan fingerprint density at radius 3 is 2.62 bits per heavy atom. The molecule has 4 rings (SSSR count). The molecule has 8 nitrogen and oxygen atoms in total. The van der Waals surface area contributed by atoms with Crippen LogP contribution in [0.4, 0.5) is 0 Å². The third-order valence-electron chi connectivity index (χ3n) is 5.43. The molecule has 4 heterocycles. The number of rotatable bonds is 3. The number of likely N-dealkylation sites (tertiary alicyclic amines) is 1. The summed E-state index contributed by atoms with van der Waals surface area (Å²) in [6, 6.07) is -0.182. The molecule has 0 saturated carbocycles. The Kier molecular flexibility index (Phi) is 4.52. The lowest BCUT2D eigenvalue weighted by atomic mass is 10.00. The van der Waals surface area contributed by atoms with Gasteiger partial charge in [-0.2, -0.15) is 5.10 Å². The second kappa shape index (κ2) is 6.83. The molecule has 0 aromatic carbocycles. The quantitative estimate of drug-likeness (QED) is 0.837. The Bertz CT molecular complexity index is 806. The minimum absolute atomic E-state index is 0.00494. The summed E-state index contributed by atoms with van der Waals surface area (Å²) in [7, 11) is 1.86. The van der Waals surface area contributed by atoms with Crippen molar-refractivity contribution in [2.45, 2.75) is 58.1 Å². The molecule has 2 aromatic heterocycles. The van der Waals surface area contributed by atoms with Crippen molar-refractivity contribution in [2.24, 2.45) is 7.05 Å². The number of piperidine rings is 1. The summed E-state index contributed by atoms with van der Waals surface area (Å²) in [4.78, 5) is 15.1. The molecule has 0 bridgehead atoms. The molecule has 26 heavy (non-hydrogen) atoms. The first kappa shape index (κ1) is 17.2. The van der Waals surface area contributed by atoms with Gasteiger partial charge in [-0.3, -0.25) is 9.48 Å². The van der Waals surface area contributed by atoms with Crippen molar-refractivity contribution in [3.8, 4) is 0 Å². The summed E-state index contributed by atoms with van der Waals surface area (Å²) >= 11 is 0. The van der Waals surface area contributed by atoms with E-state index in [1.54, 1.807) is 4.68 Å². The van der Waals surface area contributed by atoms with Gasteiger partial charge in [0.15, 0.2) is 0 Å². The number of aromatic nitrogens is 4. The molecule has 2 atom stereocenters. The number of amides is 1. The Balaban J connectivity index is 1.61. The van der Waals surface area contributed by atoms with Gasteiger partial charge in [0.1, 0.15) is 12.1 Å². The summed E-state index contributed by atoms with van der Waals surface area (Å²) in [5.41, 5.74) is 2.31. The average molecular weight is 359 g/mol. The molecule has 8 heteroatoms. The minimum atomic E-state index is -0.182. The first-order valence-electron chi connectivity index (χ1n) is 9.32. The zero-order valence-electron chi connectivity index (χ0n) is 15.6. The van der Waals surface area contributed by atoms with Gasteiger partial charge in [0.25, 0.3) is 5.91 Å². The molecule has 0 spiro atoms. The van der Waals surface area contributed by atoms with Gasteiger partial charge in [0, 0.05) is 25.9 Å². The van der Waals surface area contributed by atoms with Crippen LogP contribution in [-0.2, 0) is 11.8 Å². The largest absolute Gasteiger partial charge is 0.420 e. The van der Waals surface area contributed by atoms with E-state index in [0.29, 0.717) is 23.9 Å². The van der Waals surface area contributed by atoms with Crippen molar-refractivity contribution in [3.05, 3.63) is 28.7 Å². The molecule has 0 aliphatic carbocycles. The topological polar surface area (TPSA) is 86.3 Å². The maximum atomic E-state index is 13.3. The van der Waals surface area contributed by atoms with E-state index in [-0.39, 0.29) is 18.1 Å². The van der Waals surface area contributed by atoms with Crippen molar-refractivity contribution < 1.29 is 13.9 Å². The highest BCUT2D eigenvalue weighted by Gasteiger charge is 2.35. The normalized spacial score (nSPS) is 23.6. The molecule has 0 N–H and O–H groups in total. The molecule has 2 aliphatic rings. The third-order valence-corrected chi connectivity index (χ3v) is 5.43. The molecule has 140 valence electrons. The summed E-state index contributed by atoms with van der Waals surface area (Å²) in [5, 5.41) is 12.8. The number of ether oxygens (including phenoxy) is 1. The van der Waals surface area contributed by atoms with Gasteiger partial charge < -0.3 is 14.1 Å². The lowest BCUT2D eigenvalue weighted by Gasteiger charge is -2.33.